The third-order valence-electron chi connectivity index (χ3n) is 4.58. The lowest BCUT2D eigenvalue weighted by molar-refractivity contribution is -0.162. The molecule has 22 heavy (non-hydrogen) atoms. The summed E-state index contributed by atoms with van der Waals surface area (Å²) in [5, 5.41) is 3.08. The summed E-state index contributed by atoms with van der Waals surface area (Å²) in [6.45, 7) is -0.0391. The van der Waals surface area contributed by atoms with E-state index < -0.39 is 6.10 Å². The summed E-state index contributed by atoms with van der Waals surface area (Å²) in [6.07, 6.45) is 3.74. The van der Waals surface area contributed by atoms with Gasteiger partial charge in [0.25, 0.3) is 5.91 Å². The number of benzene rings is 1. The van der Waals surface area contributed by atoms with Gasteiger partial charge in [-0.25, -0.2) is 0 Å². The zero-order chi connectivity index (χ0) is 15.5. The lowest BCUT2D eigenvalue weighted by Gasteiger charge is -2.38. The van der Waals surface area contributed by atoms with E-state index in [2.05, 4.69) is 5.32 Å². The predicted molar refractivity (Wildman–Crippen MR) is 82.1 cm³/mol. The van der Waals surface area contributed by atoms with Crippen molar-refractivity contribution in [2.24, 2.45) is 0 Å². The van der Waals surface area contributed by atoms with Gasteiger partial charge in [0.2, 0.25) is 5.91 Å². The number of hydrogen-bond acceptors (Lipinski definition) is 3. The maximum atomic E-state index is 12.6. The van der Waals surface area contributed by atoms with Crippen molar-refractivity contribution in [3.8, 4) is 0 Å². The Morgan fingerprint density at radius 3 is 2.59 bits per heavy atom. The SMILES string of the molecule is CN1C(=O)CO[C@@H](C(=O)NC2CCCC2)[C@H]1c1ccccc1. The first-order valence-electron chi connectivity index (χ1n) is 7.89. The first kappa shape index (κ1) is 15.0. The van der Waals surface area contributed by atoms with Crippen LogP contribution in [0.1, 0.15) is 37.3 Å². The Labute approximate surface area is 130 Å². The zero-order valence-corrected chi connectivity index (χ0v) is 12.8. The minimum absolute atomic E-state index is 0.0391. The number of ether oxygens (including phenoxy) is 1. The third kappa shape index (κ3) is 2.99. The topological polar surface area (TPSA) is 58.6 Å². The third-order valence-corrected chi connectivity index (χ3v) is 4.58. The van der Waals surface area contributed by atoms with Crippen LogP contribution in [0.2, 0.25) is 0 Å². The summed E-state index contributed by atoms with van der Waals surface area (Å²) in [6, 6.07) is 9.47. The fourth-order valence-corrected chi connectivity index (χ4v) is 3.33. The first-order valence-corrected chi connectivity index (χ1v) is 7.89. The number of likely N-dealkylation sites (N-methyl/N-ethyl adjacent to an activating group) is 1. The molecule has 0 spiro atoms. The molecule has 118 valence electrons. The van der Waals surface area contributed by atoms with Crippen LogP contribution in [0.4, 0.5) is 0 Å². The molecule has 2 atom stereocenters. The molecule has 1 saturated heterocycles. The second-order valence-electron chi connectivity index (χ2n) is 6.08. The fourth-order valence-electron chi connectivity index (χ4n) is 3.33. The van der Waals surface area contributed by atoms with E-state index >= 15 is 0 Å². The van der Waals surface area contributed by atoms with Gasteiger partial charge in [0.05, 0.1) is 6.04 Å². The normalized spacial score (nSPS) is 26.2. The second kappa shape index (κ2) is 6.48. The highest BCUT2D eigenvalue weighted by Crippen LogP contribution is 2.29. The number of hydrogen-bond donors (Lipinski definition) is 1. The molecule has 2 amide bonds. The van der Waals surface area contributed by atoms with Crippen LogP contribution in [0.15, 0.2) is 30.3 Å². The highest BCUT2D eigenvalue weighted by Gasteiger charge is 2.40. The van der Waals surface area contributed by atoms with E-state index in [9.17, 15) is 9.59 Å². The summed E-state index contributed by atoms with van der Waals surface area (Å²) >= 11 is 0. The van der Waals surface area contributed by atoms with Gasteiger partial charge in [-0.2, -0.15) is 0 Å². The van der Waals surface area contributed by atoms with Crippen LogP contribution < -0.4 is 5.32 Å². The molecule has 1 aromatic rings. The lowest BCUT2D eigenvalue weighted by Crippen LogP contribution is -2.54. The lowest BCUT2D eigenvalue weighted by atomic mass is 9.97. The molecule has 1 aliphatic heterocycles. The number of amides is 2. The molecular formula is C17H22N2O3. The van der Waals surface area contributed by atoms with Crippen molar-refractivity contribution in [3.63, 3.8) is 0 Å². The van der Waals surface area contributed by atoms with Crippen LogP contribution in [0.5, 0.6) is 0 Å². The maximum absolute atomic E-state index is 12.6. The van der Waals surface area contributed by atoms with E-state index in [0.29, 0.717) is 0 Å². The van der Waals surface area contributed by atoms with Gasteiger partial charge in [-0.05, 0) is 18.4 Å². The number of carbonyl (C=O) groups is 2. The molecule has 1 heterocycles. The summed E-state index contributed by atoms with van der Waals surface area (Å²) in [7, 11) is 1.73. The van der Waals surface area contributed by atoms with Crippen molar-refractivity contribution in [3.05, 3.63) is 35.9 Å². The van der Waals surface area contributed by atoms with Gasteiger partial charge in [0.1, 0.15) is 6.61 Å². The molecule has 5 heteroatoms. The van der Waals surface area contributed by atoms with E-state index in [1.54, 1.807) is 11.9 Å². The average Bonchev–Trinajstić information content (AvgIpc) is 3.03. The molecule has 2 aliphatic rings. The largest absolute Gasteiger partial charge is 0.356 e. The van der Waals surface area contributed by atoms with Gasteiger partial charge in [-0.1, -0.05) is 43.2 Å². The molecule has 1 aliphatic carbocycles. The van der Waals surface area contributed by atoms with Crippen molar-refractivity contribution < 1.29 is 14.3 Å². The Morgan fingerprint density at radius 2 is 1.91 bits per heavy atom. The van der Waals surface area contributed by atoms with Crippen molar-refractivity contribution in [1.82, 2.24) is 10.2 Å². The molecule has 0 radical (unpaired) electrons. The molecule has 2 fully saturated rings. The van der Waals surface area contributed by atoms with Gasteiger partial charge in [0.15, 0.2) is 6.10 Å². The van der Waals surface area contributed by atoms with Crippen LogP contribution in [-0.2, 0) is 14.3 Å². The van der Waals surface area contributed by atoms with Gasteiger partial charge in [-0.3, -0.25) is 9.59 Å². The maximum Gasteiger partial charge on any atom is 0.251 e. The smallest absolute Gasteiger partial charge is 0.251 e. The quantitative estimate of drug-likeness (QED) is 0.923. The highest BCUT2D eigenvalue weighted by atomic mass is 16.5. The van der Waals surface area contributed by atoms with Crippen LogP contribution in [-0.4, -0.2) is 42.5 Å². The molecule has 5 nitrogen and oxygen atoms in total. The molecule has 3 rings (SSSR count). The van der Waals surface area contributed by atoms with Gasteiger partial charge >= 0.3 is 0 Å². The summed E-state index contributed by atoms with van der Waals surface area (Å²) < 4.78 is 5.60. The zero-order valence-electron chi connectivity index (χ0n) is 12.8. The average molecular weight is 302 g/mol. The molecule has 0 unspecified atom stereocenters. The number of nitrogens with one attached hydrogen (secondary N) is 1. The Bertz CT molecular complexity index is 540. The summed E-state index contributed by atoms with van der Waals surface area (Å²) in [5.41, 5.74) is 0.921. The summed E-state index contributed by atoms with van der Waals surface area (Å²) in [4.78, 5) is 26.2. The van der Waals surface area contributed by atoms with Gasteiger partial charge in [-0.15, -0.1) is 0 Å². The first-order chi connectivity index (χ1) is 10.7. The van der Waals surface area contributed by atoms with Crippen LogP contribution in [0, 0.1) is 0 Å². The van der Waals surface area contributed by atoms with Gasteiger partial charge in [0, 0.05) is 13.1 Å². The monoisotopic (exact) mass is 302 g/mol. The van der Waals surface area contributed by atoms with Crippen LogP contribution in [0.3, 0.4) is 0 Å². The predicted octanol–water partition coefficient (Wildman–Crippen LogP) is 1.64. The Balaban J connectivity index is 1.80. The molecule has 1 N–H and O–H groups in total. The highest BCUT2D eigenvalue weighted by molar-refractivity contribution is 5.86. The Kier molecular flexibility index (Phi) is 4.43. The van der Waals surface area contributed by atoms with E-state index in [-0.39, 0.29) is 30.5 Å². The van der Waals surface area contributed by atoms with Crippen molar-refractivity contribution in [1.29, 1.82) is 0 Å². The minimum Gasteiger partial charge on any atom is -0.356 e. The van der Waals surface area contributed by atoms with Crippen molar-refractivity contribution in [2.45, 2.75) is 43.9 Å². The molecule has 1 saturated carbocycles. The van der Waals surface area contributed by atoms with E-state index in [0.717, 1.165) is 31.2 Å². The molecular weight excluding hydrogens is 280 g/mol. The number of morpholine rings is 1. The van der Waals surface area contributed by atoms with Crippen LogP contribution >= 0.6 is 0 Å². The van der Waals surface area contributed by atoms with Crippen LogP contribution in [0.25, 0.3) is 0 Å². The summed E-state index contributed by atoms with van der Waals surface area (Å²) in [5.74, 6) is -0.209. The second-order valence-corrected chi connectivity index (χ2v) is 6.08. The number of rotatable bonds is 3. The van der Waals surface area contributed by atoms with E-state index in [4.69, 9.17) is 4.74 Å². The standard InChI is InChI=1S/C17H22N2O3/c1-19-14(20)11-22-16(15(19)12-7-3-2-4-8-12)17(21)18-13-9-5-6-10-13/h2-4,7-8,13,15-16H,5-6,9-11H2,1H3,(H,18,21)/t15-,16-/m1/s1. The molecule has 0 bridgehead atoms. The van der Waals surface area contributed by atoms with Crippen molar-refractivity contribution in [2.75, 3.05) is 13.7 Å². The Morgan fingerprint density at radius 1 is 1.23 bits per heavy atom. The molecule has 1 aromatic carbocycles. The van der Waals surface area contributed by atoms with E-state index in [1.807, 2.05) is 30.3 Å². The van der Waals surface area contributed by atoms with Gasteiger partial charge < -0.3 is 15.0 Å². The minimum atomic E-state index is -0.648. The van der Waals surface area contributed by atoms with E-state index in [1.165, 1.54) is 0 Å². The fraction of sp³-hybridized carbons (Fsp3) is 0.529. The number of nitrogens with zero attached hydrogens (tertiary/aromatic N) is 1. The number of carbonyl (C=O) groups excluding carboxylic acids is 2. The van der Waals surface area contributed by atoms with Crippen molar-refractivity contribution >= 4 is 11.8 Å². The Hall–Kier alpha value is -1.88. The molecule has 0 aromatic heterocycles.